The molecule has 9 nitrogen and oxygen atoms in total. The summed E-state index contributed by atoms with van der Waals surface area (Å²) in [5, 5.41) is 6.82. The molecule has 2 aromatic carbocycles. The van der Waals surface area contributed by atoms with Crippen LogP contribution in [0.4, 0.5) is 0 Å². The van der Waals surface area contributed by atoms with Crippen molar-refractivity contribution in [3.05, 3.63) is 65.2 Å². The summed E-state index contributed by atoms with van der Waals surface area (Å²) in [6, 6.07) is 13.5. The molecule has 0 aliphatic carbocycles. The van der Waals surface area contributed by atoms with Crippen LogP contribution in [0.1, 0.15) is 35.3 Å². The van der Waals surface area contributed by atoms with Crippen LogP contribution in [-0.4, -0.2) is 67.8 Å². The number of rotatable bonds is 9. The van der Waals surface area contributed by atoms with Crippen molar-refractivity contribution in [3.8, 4) is 5.75 Å². The van der Waals surface area contributed by atoms with E-state index in [1.165, 1.54) is 6.21 Å². The van der Waals surface area contributed by atoms with E-state index in [-0.39, 0.29) is 24.3 Å². The van der Waals surface area contributed by atoms with Crippen molar-refractivity contribution in [3.63, 3.8) is 0 Å². The van der Waals surface area contributed by atoms with Crippen LogP contribution < -0.4 is 15.5 Å². The summed E-state index contributed by atoms with van der Waals surface area (Å²) in [6.07, 6.45) is 1.45. The van der Waals surface area contributed by atoms with Gasteiger partial charge in [0.25, 0.3) is 17.7 Å². The molecule has 0 aromatic heterocycles. The Bertz CT molecular complexity index is 1050. The van der Waals surface area contributed by atoms with Crippen LogP contribution in [0.15, 0.2) is 53.6 Å². The van der Waals surface area contributed by atoms with E-state index in [1.54, 1.807) is 41.3 Å². The molecule has 0 radical (unpaired) electrons. The Morgan fingerprint density at radius 1 is 1.09 bits per heavy atom. The van der Waals surface area contributed by atoms with Crippen LogP contribution >= 0.6 is 0 Å². The molecule has 186 valence electrons. The number of para-hydroxylation sites is 1. The molecular formula is C26H32N4O5. The van der Waals surface area contributed by atoms with Gasteiger partial charge < -0.3 is 19.7 Å². The fraction of sp³-hybridized carbons (Fsp3) is 0.385. The molecule has 3 rings (SSSR count). The Balaban J connectivity index is 1.57. The van der Waals surface area contributed by atoms with E-state index in [0.717, 1.165) is 5.56 Å². The minimum Gasteiger partial charge on any atom is -0.483 e. The SMILES string of the molecule is Cc1ccc(C(=O)NC(C(=O)N/N=C/c2ccccc2OCC(=O)N2CCOCC2)C(C)C)cc1. The van der Waals surface area contributed by atoms with Crippen LogP contribution in [-0.2, 0) is 14.3 Å². The number of aryl methyl sites for hydroxylation is 1. The van der Waals surface area contributed by atoms with Crippen LogP contribution in [0, 0.1) is 12.8 Å². The standard InChI is InChI=1S/C26H32N4O5/c1-18(2)24(28-25(32)20-10-8-19(3)9-11-20)26(33)29-27-16-21-6-4-5-7-22(21)35-17-23(31)30-12-14-34-15-13-30/h4-11,16,18,24H,12-15,17H2,1-3H3,(H,28,32)(H,29,33)/b27-16+. The molecule has 35 heavy (non-hydrogen) atoms. The number of benzene rings is 2. The zero-order valence-corrected chi connectivity index (χ0v) is 20.3. The molecule has 1 fully saturated rings. The van der Waals surface area contributed by atoms with Crippen LogP contribution in [0.5, 0.6) is 5.75 Å². The summed E-state index contributed by atoms with van der Waals surface area (Å²) in [7, 11) is 0. The van der Waals surface area contributed by atoms with E-state index in [1.807, 2.05) is 32.9 Å². The zero-order chi connectivity index (χ0) is 25.2. The second-order valence-corrected chi connectivity index (χ2v) is 8.62. The second-order valence-electron chi connectivity index (χ2n) is 8.62. The molecule has 0 spiro atoms. The minimum absolute atomic E-state index is 0.0995. The van der Waals surface area contributed by atoms with E-state index in [4.69, 9.17) is 9.47 Å². The molecule has 3 amide bonds. The van der Waals surface area contributed by atoms with Gasteiger partial charge in [0.15, 0.2) is 6.61 Å². The lowest BCUT2D eigenvalue weighted by Crippen LogP contribution is -2.48. The first-order valence-electron chi connectivity index (χ1n) is 11.6. The first-order chi connectivity index (χ1) is 16.8. The average molecular weight is 481 g/mol. The number of ether oxygens (including phenoxy) is 2. The predicted molar refractivity (Wildman–Crippen MR) is 132 cm³/mol. The molecule has 1 heterocycles. The number of hydrazone groups is 1. The van der Waals surface area contributed by atoms with Gasteiger partial charge in [0, 0.05) is 24.2 Å². The molecule has 1 aliphatic rings. The third kappa shape index (κ3) is 7.65. The number of morpholine rings is 1. The third-order valence-corrected chi connectivity index (χ3v) is 5.56. The molecule has 1 atom stereocenters. The van der Waals surface area contributed by atoms with Crippen molar-refractivity contribution in [2.24, 2.45) is 11.0 Å². The molecule has 0 saturated carbocycles. The number of nitrogens with one attached hydrogen (secondary N) is 2. The summed E-state index contributed by atoms with van der Waals surface area (Å²) in [5.41, 5.74) is 4.62. The van der Waals surface area contributed by atoms with Crippen molar-refractivity contribution < 1.29 is 23.9 Å². The molecule has 1 aliphatic heterocycles. The van der Waals surface area contributed by atoms with Gasteiger partial charge in [-0.05, 0) is 37.1 Å². The summed E-state index contributed by atoms with van der Waals surface area (Å²) in [4.78, 5) is 39.4. The molecule has 0 bridgehead atoms. The summed E-state index contributed by atoms with van der Waals surface area (Å²) < 4.78 is 11.0. The van der Waals surface area contributed by atoms with Gasteiger partial charge in [0.05, 0.1) is 19.4 Å². The molecular weight excluding hydrogens is 448 g/mol. The average Bonchev–Trinajstić information content (AvgIpc) is 2.87. The molecule has 9 heteroatoms. The molecule has 2 N–H and O–H groups in total. The van der Waals surface area contributed by atoms with Crippen molar-refractivity contribution in [1.82, 2.24) is 15.6 Å². The first kappa shape index (κ1) is 25.9. The van der Waals surface area contributed by atoms with Gasteiger partial charge in [-0.1, -0.05) is 43.7 Å². The van der Waals surface area contributed by atoms with E-state index in [0.29, 0.717) is 43.2 Å². The van der Waals surface area contributed by atoms with E-state index < -0.39 is 11.9 Å². The Morgan fingerprint density at radius 2 is 1.77 bits per heavy atom. The van der Waals surface area contributed by atoms with E-state index in [9.17, 15) is 14.4 Å². The molecule has 1 unspecified atom stereocenters. The summed E-state index contributed by atoms with van der Waals surface area (Å²) >= 11 is 0. The van der Waals surface area contributed by atoms with Crippen LogP contribution in [0.25, 0.3) is 0 Å². The topological polar surface area (TPSA) is 109 Å². The van der Waals surface area contributed by atoms with Crippen LogP contribution in [0.2, 0.25) is 0 Å². The summed E-state index contributed by atoms with van der Waals surface area (Å²) in [5.74, 6) is -0.553. The number of carbonyl (C=O) groups excluding carboxylic acids is 3. The van der Waals surface area contributed by atoms with Crippen molar-refractivity contribution in [2.45, 2.75) is 26.8 Å². The van der Waals surface area contributed by atoms with Gasteiger partial charge in [-0.2, -0.15) is 5.10 Å². The largest absolute Gasteiger partial charge is 0.483 e. The maximum atomic E-state index is 12.7. The van der Waals surface area contributed by atoms with E-state index in [2.05, 4.69) is 15.8 Å². The quantitative estimate of drug-likeness (QED) is 0.422. The van der Waals surface area contributed by atoms with Crippen molar-refractivity contribution in [1.29, 1.82) is 0 Å². The number of nitrogens with zero attached hydrogens (tertiary/aromatic N) is 2. The number of amides is 3. The highest BCUT2D eigenvalue weighted by Gasteiger charge is 2.24. The highest BCUT2D eigenvalue weighted by Crippen LogP contribution is 2.16. The minimum atomic E-state index is -0.765. The van der Waals surface area contributed by atoms with Gasteiger partial charge in [0.1, 0.15) is 11.8 Å². The van der Waals surface area contributed by atoms with Crippen molar-refractivity contribution >= 4 is 23.9 Å². The molecule has 2 aromatic rings. The van der Waals surface area contributed by atoms with Gasteiger partial charge >= 0.3 is 0 Å². The lowest BCUT2D eigenvalue weighted by molar-refractivity contribution is -0.137. The zero-order valence-electron chi connectivity index (χ0n) is 20.3. The lowest BCUT2D eigenvalue weighted by atomic mass is 10.0. The monoisotopic (exact) mass is 480 g/mol. The summed E-state index contributed by atoms with van der Waals surface area (Å²) in [6.45, 7) is 7.68. The third-order valence-electron chi connectivity index (χ3n) is 5.56. The molecule has 1 saturated heterocycles. The number of hydrogen-bond acceptors (Lipinski definition) is 6. The van der Waals surface area contributed by atoms with Gasteiger partial charge in [-0.3, -0.25) is 14.4 Å². The Hall–Kier alpha value is -3.72. The Labute approximate surface area is 205 Å². The predicted octanol–water partition coefficient (Wildman–Crippen LogP) is 2.14. The van der Waals surface area contributed by atoms with Gasteiger partial charge in [0.2, 0.25) is 0 Å². The Kier molecular flexibility index (Phi) is 9.37. The Morgan fingerprint density at radius 3 is 2.46 bits per heavy atom. The van der Waals surface area contributed by atoms with Gasteiger partial charge in [-0.25, -0.2) is 5.43 Å². The number of hydrogen-bond donors (Lipinski definition) is 2. The highest BCUT2D eigenvalue weighted by molar-refractivity contribution is 5.97. The van der Waals surface area contributed by atoms with Crippen molar-refractivity contribution in [2.75, 3.05) is 32.9 Å². The maximum absolute atomic E-state index is 12.7. The lowest BCUT2D eigenvalue weighted by Gasteiger charge is -2.26. The fourth-order valence-electron chi connectivity index (χ4n) is 3.46. The smallest absolute Gasteiger partial charge is 0.262 e. The second kappa shape index (κ2) is 12.7. The highest BCUT2D eigenvalue weighted by atomic mass is 16.5. The maximum Gasteiger partial charge on any atom is 0.262 e. The fourth-order valence-corrected chi connectivity index (χ4v) is 3.46. The van der Waals surface area contributed by atoms with Crippen LogP contribution in [0.3, 0.4) is 0 Å². The van der Waals surface area contributed by atoms with E-state index >= 15 is 0 Å². The first-order valence-corrected chi connectivity index (χ1v) is 11.6. The normalized spacial score (nSPS) is 14.6. The number of carbonyl (C=O) groups is 3. The van der Waals surface area contributed by atoms with Gasteiger partial charge in [-0.15, -0.1) is 0 Å².